The number of piperazine rings is 1. The molecule has 1 aliphatic rings. The SMILES string of the molecule is CN1CCN(c2ncc(C(=O)Nc3cc(-c4ccccc4)ccc3N)s2)CC1. The predicted octanol–water partition coefficient (Wildman–Crippen LogP) is 3.40. The number of carbonyl (C=O) groups excluding carboxylic acids is 1. The molecule has 0 atom stereocenters. The molecule has 0 saturated carbocycles. The van der Waals surface area contributed by atoms with Gasteiger partial charge in [0.2, 0.25) is 0 Å². The Balaban J connectivity index is 1.50. The second-order valence-electron chi connectivity index (χ2n) is 6.92. The maximum atomic E-state index is 12.7. The average molecular weight is 394 g/mol. The zero-order chi connectivity index (χ0) is 19.5. The summed E-state index contributed by atoms with van der Waals surface area (Å²) in [5, 5.41) is 3.83. The van der Waals surface area contributed by atoms with Gasteiger partial charge in [0.15, 0.2) is 5.13 Å². The van der Waals surface area contributed by atoms with Crippen LogP contribution in [0.4, 0.5) is 16.5 Å². The Hall–Kier alpha value is -2.90. The fourth-order valence-electron chi connectivity index (χ4n) is 3.17. The van der Waals surface area contributed by atoms with E-state index in [-0.39, 0.29) is 5.91 Å². The number of nitrogen functional groups attached to an aromatic ring is 1. The largest absolute Gasteiger partial charge is 0.397 e. The second kappa shape index (κ2) is 8.00. The summed E-state index contributed by atoms with van der Waals surface area (Å²) in [7, 11) is 2.12. The first-order chi connectivity index (χ1) is 13.6. The van der Waals surface area contributed by atoms with Gasteiger partial charge in [-0.2, -0.15) is 0 Å². The van der Waals surface area contributed by atoms with Crippen molar-refractivity contribution in [2.24, 2.45) is 0 Å². The Bertz CT molecular complexity index is 964. The summed E-state index contributed by atoms with van der Waals surface area (Å²) >= 11 is 1.42. The van der Waals surface area contributed by atoms with Gasteiger partial charge in [-0.3, -0.25) is 4.79 Å². The highest BCUT2D eigenvalue weighted by Crippen LogP contribution is 2.29. The predicted molar refractivity (Wildman–Crippen MR) is 116 cm³/mol. The van der Waals surface area contributed by atoms with E-state index in [1.807, 2.05) is 48.5 Å². The van der Waals surface area contributed by atoms with Crippen LogP contribution in [0.15, 0.2) is 54.7 Å². The summed E-state index contributed by atoms with van der Waals surface area (Å²) in [4.78, 5) is 22.3. The van der Waals surface area contributed by atoms with Gasteiger partial charge < -0.3 is 20.9 Å². The zero-order valence-corrected chi connectivity index (χ0v) is 16.6. The second-order valence-corrected chi connectivity index (χ2v) is 7.93. The number of nitrogens with two attached hydrogens (primary N) is 1. The molecule has 1 amide bonds. The quantitative estimate of drug-likeness (QED) is 0.665. The minimum absolute atomic E-state index is 0.185. The smallest absolute Gasteiger partial charge is 0.267 e. The molecule has 0 bridgehead atoms. The molecule has 2 heterocycles. The highest BCUT2D eigenvalue weighted by molar-refractivity contribution is 7.17. The molecule has 6 nitrogen and oxygen atoms in total. The monoisotopic (exact) mass is 393 g/mol. The van der Waals surface area contributed by atoms with E-state index in [0.717, 1.165) is 42.4 Å². The molecule has 4 rings (SSSR count). The molecular formula is C21H23N5OS. The Labute approximate surface area is 168 Å². The van der Waals surface area contributed by atoms with Crippen molar-refractivity contribution in [3.63, 3.8) is 0 Å². The van der Waals surface area contributed by atoms with Crippen molar-refractivity contribution in [2.45, 2.75) is 0 Å². The number of nitrogens with one attached hydrogen (secondary N) is 1. The van der Waals surface area contributed by atoms with E-state index in [9.17, 15) is 4.79 Å². The van der Waals surface area contributed by atoms with Crippen LogP contribution in [-0.2, 0) is 0 Å². The maximum Gasteiger partial charge on any atom is 0.267 e. The molecule has 1 fully saturated rings. The topological polar surface area (TPSA) is 74.5 Å². The van der Waals surface area contributed by atoms with Crippen molar-refractivity contribution in [3.05, 3.63) is 59.6 Å². The first kappa shape index (κ1) is 18.5. The molecule has 28 heavy (non-hydrogen) atoms. The number of hydrogen-bond donors (Lipinski definition) is 2. The summed E-state index contributed by atoms with van der Waals surface area (Å²) in [5.74, 6) is -0.185. The van der Waals surface area contributed by atoms with E-state index in [2.05, 4.69) is 27.1 Å². The Morgan fingerprint density at radius 1 is 1.07 bits per heavy atom. The van der Waals surface area contributed by atoms with Gasteiger partial charge in [0.05, 0.1) is 17.6 Å². The van der Waals surface area contributed by atoms with E-state index in [1.54, 1.807) is 6.20 Å². The van der Waals surface area contributed by atoms with Crippen LogP contribution in [0.2, 0.25) is 0 Å². The highest BCUT2D eigenvalue weighted by atomic mass is 32.1. The average Bonchev–Trinajstić information content (AvgIpc) is 3.21. The maximum absolute atomic E-state index is 12.7. The number of rotatable bonds is 4. The summed E-state index contributed by atoms with van der Waals surface area (Å²) in [6, 6.07) is 15.7. The number of carbonyl (C=O) groups is 1. The number of amides is 1. The van der Waals surface area contributed by atoms with Gasteiger partial charge in [0.1, 0.15) is 4.88 Å². The first-order valence-electron chi connectivity index (χ1n) is 9.26. The molecule has 0 radical (unpaired) electrons. The molecule has 7 heteroatoms. The van der Waals surface area contributed by atoms with Gasteiger partial charge in [0.25, 0.3) is 5.91 Å². The Morgan fingerprint density at radius 2 is 1.82 bits per heavy atom. The van der Waals surface area contributed by atoms with Gasteiger partial charge in [-0.05, 0) is 30.3 Å². The molecule has 2 aromatic carbocycles. The molecule has 0 unspecified atom stereocenters. The van der Waals surface area contributed by atoms with E-state index >= 15 is 0 Å². The minimum Gasteiger partial charge on any atom is -0.397 e. The first-order valence-corrected chi connectivity index (χ1v) is 10.1. The number of anilines is 3. The van der Waals surface area contributed by atoms with Crippen LogP contribution in [-0.4, -0.2) is 49.0 Å². The number of likely N-dealkylation sites (N-methyl/N-ethyl adjacent to an activating group) is 1. The zero-order valence-electron chi connectivity index (χ0n) is 15.8. The Kier molecular flexibility index (Phi) is 5.27. The molecule has 1 aromatic heterocycles. The summed E-state index contributed by atoms with van der Waals surface area (Å²) in [5.41, 5.74) is 9.32. The lowest BCUT2D eigenvalue weighted by molar-refractivity contribution is 0.103. The van der Waals surface area contributed by atoms with Gasteiger partial charge in [0, 0.05) is 26.2 Å². The van der Waals surface area contributed by atoms with Crippen molar-refractivity contribution < 1.29 is 4.79 Å². The number of nitrogens with zero attached hydrogens (tertiary/aromatic N) is 3. The summed E-state index contributed by atoms with van der Waals surface area (Å²) < 4.78 is 0. The van der Waals surface area contributed by atoms with Crippen LogP contribution in [0.5, 0.6) is 0 Å². The molecule has 1 saturated heterocycles. The van der Waals surface area contributed by atoms with E-state index in [4.69, 9.17) is 5.73 Å². The van der Waals surface area contributed by atoms with Gasteiger partial charge >= 0.3 is 0 Å². The van der Waals surface area contributed by atoms with Gasteiger partial charge in [-0.25, -0.2) is 4.98 Å². The lowest BCUT2D eigenvalue weighted by Gasteiger charge is -2.32. The highest BCUT2D eigenvalue weighted by Gasteiger charge is 2.19. The van der Waals surface area contributed by atoms with Crippen molar-refractivity contribution in [3.8, 4) is 11.1 Å². The summed E-state index contributed by atoms with van der Waals surface area (Å²) in [6.07, 6.45) is 1.64. The minimum atomic E-state index is -0.185. The van der Waals surface area contributed by atoms with Crippen molar-refractivity contribution in [2.75, 3.05) is 49.2 Å². The van der Waals surface area contributed by atoms with Gasteiger partial charge in [-0.15, -0.1) is 0 Å². The van der Waals surface area contributed by atoms with Crippen LogP contribution in [0.25, 0.3) is 11.1 Å². The van der Waals surface area contributed by atoms with Gasteiger partial charge in [-0.1, -0.05) is 47.7 Å². The lowest BCUT2D eigenvalue weighted by atomic mass is 10.0. The number of aromatic nitrogens is 1. The third-order valence-corrected chi connectivity index (χ3v) is 5.96. The third-order valence-electron chi connectivity index (χ3n) is 4.90. The molecule has 3 aromatic rings. The Morgan fingerprint density at radius 3 is 2.57 bits per heavy atom. The van der Waals surface area contributed by atoms with E-state index < -0.39 is 0 Å². The third kappa shape index (κ3) is 4.00. The fourth-order valence-corrected chi connectivity index (χ4v) is 4.04. The van der Waals surface area contributed by atoms with E-state index in [0.29, 0.717) is 16.3 Å². The molecule has 144 valence electrons. The molecular weight excluding hydrogens is 370 g/mol. The van der Waals surface area contributed by atoms with Crippen LogP contribution in [0.3, 0.4) is 0 Å². The van der Waals surface area contributed by atoms with Crippen LogP contribution in [0, 0.1) is 0 Å². The molecule has 3 N–H and O–H groups in total. The number of thiazole rings is 1. The van der Waals surface area contributed by atoms with Crippen LogP contribution < -0.4 is 16.0 Å². The summed E-state index contributed by atoms with van der Waals surface area (Å²) in [6.45, 7) is 3.86. The van der Waals surface area contributed by atoms with Crippen molar-refractivity contribution >= 4 is 33.8 Å². The van der Waals surface area contributed by atoms with Crippen LogP contribution in [0.1, 0.15) is 9.67 Å². The number of hydrogen-bond acceptors (Lipinski definition) is 6. The standard InChI is InChI=1S/C21H23N5OS/c1-25-9-11-26(12-10-25)21-23-14-19(28-21)20(27)24-18-13-16(7-8-17(18)22)15-5-3-2-4-6-15/h2-8,13-14H,9-12,22H2,1H3,(H,24,27). The van der Waals surface area contributed by atoms with Crippen molar-refractivity contribution in [1.82, 2.24) is 9.88 Å². The molecule has 0 spiro atoms. The normalized spacial score (nSPS) is 14.8. The van der Waals surface area contributed by atoms with E-state index in [1.165, 1.54) is 11.3 Å². The number of benzene rings is 2. The molecule has 1 aliphatic heterocycles. The lowest BCUT2D eigenvalue weighted by Crippen LogP contribution is -2.44. The van der Waals surface area contributed by atoms with Crippen molar-refractivity contribution in [1.29, 1.82) is 0 Å². The fraction of sp³-hybridized carbons (Fsp3) is 0.238. The van der Waals surface area contributed by atoms with Crippen LogP contribution >= 0.6 is 11.3 Å². The molecule has 0 aliphatic carbocycles.